The minimum Gasteiger partial charge on any atom is -0.308 e. The number of nitrogens with zero attached hydrogens (tertiary/aromatic N) is 3. The summed E-state index contributed by atoms with van der Waals surface area (Å²) in [6.45, 7) is 5.63. The first-order chi connectivity index (χ1) is 8.28. The molecule has 94 valence electrons. The van der Waals surface area contributed by atoms with Crippen molar-refractivity contribution in [1.29, 1.82) is 0 Å². The van der Waals surface area contributed by atoms with E-state index in [0.29, 0.717) is 5.82 Å². The Morgan fingerprint density at radius 3 is 2.88 bits per heavy atom. The van der Waals surface area contributed by atoms with Gasteiger partial charge in [0.1, 0.15) is 5.82 Å². The Labute approximate surface area is 103 Å². The molecule has 0 aliphatic carbocycles. The van der Waals surface area contributed by atoms with Crippen LogP contribution in [0.25, 0.3) is 0 Å². The predicted octanol–water partition coefficient (Wildman–Crippen LogP) is 0.505. The molecule has 1 aliphatic heterocycles. The van der Waals surface area contributed by atoms with Gasteiger partial charge in [0.2, 0.25) is 0 Å². The summed E-state index contributed by atoms with van der Waals surface area (Å²) in [6.07, 6.45) is 3.14. The fourth-order valence-electron chi connectivity index (χ4n) is 2.12. The minimum atomic E-state index is 0.712. The molecule has 1 saturated heterocycles. The number of pyridine rings is 1. The Hall–Kier alpha value is -1.17. The largest absolute Gasteiger partial charge is 0.308 e. The van der Waals surface area contributed by atoms with Gasteiger partial charge in [-0.1, -0.05) is 6.07 Å². The highest BCUT2D eigenvalue weighted by molar-refractivity contribution is 5.33. The van der Waals surface area contributed by atoms with Crippen molar-refractivity contribution in [3.8, 4) is 0 Å². The van der Waals surface area contributed by atoms with Gasteiger partial charge in [-0.05, 0) is 38.2 Å². The number of aromatic nitrogens is 1. The zero-order valence-corrected chi connectivity index (χ0v) is 10.4. The van der Waals surface area contributed by atoms with Gasteiger partial charge < -0.3 is 10.3 Å². The van der Waals surface area contributed by atoms with Crippen LogP contribution in [0.1, 0.15) is 12.0 Å². The second-order valence-corrected chi connectivity index (χ2v) is 4.63. The van der Waals surface area contributed by atoms with Crippen LogP contribution in [0, 0.1) is 0 Å². The summed E-state index contributed by atoms with van der Waals surface area (Å²) in [5.74, 6) is 6.00. The standard InChI is InChI=1S/C12H21N5/c1-16-5-2-6-17(8-7-16)10-11-3-4-12(15-13)14-9-11/h3-4,9H,2,5-8,10,13H2,1H3,(H,14,15). The monoisotopic (exact) mass is 235 g/mol. The maximum absolute atomic E-state index is 5.29. The van der Waals surface area contributed by atoms with Gasteiger partial charge in [0.25, 0.3) is 0 Å². The first-order valence-corrected chi connectivity index (χ1v) is 6.10. The van der Waals surface area contributed by atoms with E-state index in [1.807, 2.05) is 12.3 Å². The third-order valence-corrected chi connectivity index (χ3v) is 3.19. The first-order valence-electron chi connectivity index (χ1n) is 6.10. The van der Waals surface area contributed by atoms with E-state index in [1.54, 1.807) is 0 Å². The van der Waals surface area contributed by atoms with Crippen molar-refractivity contribution < 1.29 is 0 Å². The van der Waals surface area contributed by atoms with Gasteiger partial charge in [-0.3, -0.25) is 4.90 Å². The van der Waals surface area contributed by atoms with Crippen LogP contribution < -0.4 is 11.3 Å². The molecule has 1 aromatic heterocycles. The third kappa shape index (κ3) is 3.66. The molecule has 0 spiro atoms. The zero-order valence-electron chi connectivity index (χ0n) is 10.4. The van der Waals surface area contributed by atoms with E-state index >= 15 is 0 Å². The molecular weight excluding hydrogens is 214 g/mol. The van der Waals surface area contributed by atoms with Gasteiger partial charge in [-0.2, -0.15) is 0 Å². The van der Waals surface area contributed by atoms with Crippen LogP contribution >= 0.6 is 0 Å². The number of anilines is 1. The molecule has 2 rings (SSSR count). The Balaban J connectivity index is 1.90. The van der Waals surface area contributed by atoms with E-state index < -0.39 is 0 Å². The van der Waals surface area contributed by atoms with Gasteiger partial charge >= 0.3 is 0 Å². The Morgan fingerprint density at radius 2 is 2.18 bits per heavy atom. The maximum Gasteiger partial charge on any atom is 0.139 e. The molecule has 1 fully saturated rings. The Kier molecular flexibility index (Phi) is 4.30. The Bertz CT molecular complexity index is 337. The van der Waals surface area contributed by atoms with Crippen LogP contribution in [0.5, 0.6) is 0 Å². The molecule has 5 nitrogen and oxygen atoms in total. The summed E-state index contributed by atoms with van der Waals surface area (Å²) >= 11 is 0. The molecule has 17 heavy (non-hydrogen) atoms. The average molecular weight is 235 g/mol. The smallest absolute Gasteiger partial charge is 0.139 e. The third-order valence-electron chi connectivity index (χ3n) is 3.19. The lowest BCUT2D eigenvalue weighted by atomic mass is 10.2. The molecule has 0 radical (unpaired) electrons. The number of nitrogens with two attached hydrogens (primary N) is 1. The summed E-state index contributed by atoms with van der Waals surface area (Å²) in [7, 11) is 2.19. The van der Waals surface area contributed by atoms with Gasteiger partial charge in [0.05, 0.1) is 0 Å². The predicted molar refractivity (Wildman–Crippen MR) is 69.4 cm³/mol. The summed E-state index contributed by atoms with van der Waals surface area (Å²) in [5.41, 5.74) is 3.79. The van der Waals surface area contributed by atoms with Crippen LogP contribution in [-0.4, -0.2) is 48.0 Å². The van der Waals surface area contributed by atoms with Crippen LogP contribution in [0.4, 0.5) is 5.82 Å². The van der Waals surface area contributed by atoms with Crippen molar-refractivity contribution in [2.75, 3.05) is 38.7 Å². The Morgan fingerprint density at radius 1 is 1.29 bits per heavy atom. The molecule has 0 unspecified atom stereocenters. The van der Waals surface area contributed by atoms with Crippen molar-refractivity contribution in [2.24, 2.45) is 5.84 Å². The molecular formula is C12H21N5. The molecule has 0 amide bonds. The maximum atomic E-state index is 5.29. The summed E-state index contributed by atoms with van der Waals surface area (Å²) in [5, 5.41) is 0. The van der Waals surface area contributed by atoms with Crippen LogP contribution in [0.3, 0.4) is 0 Å². The van der Waals surface area contributed by atoms with Crippen LogP contribution in [0.15, 0.2) is 18.3 Å². The number of rotatable bonds is 3. The quantitative estimate of drug-likeness (QED) is 0.590. The van der Waals surface area contributed by atoms with Crippen molar-refractivity contribution in [3.63, 3.8) is 0 Å². The fourth-order valence-corrected chi connectivity index (χ4v) is 2.12. The zero-order chi connectivity index (χ0) is 12.1. The second-order valence-electron chi connectivity index (χ2n) is 4.63. The van der Waals surface area contributed by atoms with Crippen LogP contribution in [-0.2, 0) is 6.54 Å². The van der Waals surface area contributed by atoms with Crippen molar-refractivity contribution >= 4 is 5.82 Å². The van der Waals surface area contributed by atoms with Crippen molar-refractivity contribution in [2.45, 2.75) is 13.0 Å². The normalized spacial score (nSPS) is 18.9. The summed E-state index contributed by atoms with van der Waals surface area (Å²) in [4.78, 5) is 9.10. The highest BCUT2D eigenvalue weighted by Crippen LogP contribution is 2.09. The van der Waals surface area contributed by atoms with E-state index in [2.05, 4.69) is 33.3 Å². The summed E-state index contributed by atoms with van der Waals surface area (Å²) in [6, 6.07) is 4.00. The molecule has 1 aromatic rings. The highest BCUT2D eigenvalue weighted by Gasteiger charge is 2.12. The highest BCUT2D eigenvalue weighted by atomic mass is 15.2. The second kappa shape index (κ2) is 5.95. The number of hydrogen-bond acceptors (Lipinski definition) is 5. The minimum absolute atomic E-state index is 0.712. The van der Waals surface area contributed by atoms with Crippen molar-refractivity contribution in [1.82, 2.24) is 14.8 Å². The molecule has 0 bridgehead atoms. The lowest BCUT2D eigenvalue weighted by molar-refractivity contribution is 0.269. The number of nitrogens with one attached hydrogen (secondary N) is 1. The SMILES string of the molecule is CN1CCCN(Cc2ccc(NN)nc2)CC1. The molecule has 3 N–H and O–H groups in total. The van der Waals surface area contributed by atoms with E-state index in [1.165, 1.54) is 25.1 Å². The van der Waals surface area contributed by atoms with Gasteiger partial charge in [0, 0.05) is 25.8 Å². The fraction of sp³-hybridized carbons (Fsp3) is 0.583. The molecule has 0 saturated carbocycles. The van der Waals surface area contributed by atoms with Crippen molar-refractivity contribution in [3.05, 3.63) is 23.9 Å². The lowest BCUT2D eigenvalue weighted by Crippen LogP contribution is -2.28. The molecule has 0 aromatic carbocycles. The molecule has 0 atom stereocenters. The van der Waals surface area contributed by atoms with Crippen LogP contribution in [0.2, 0.25) is 0 Å². The van der Waals surface area contributed by atoms with Gasteiger partial charge in [0.15, 0.2) is 0 Å². The van der Waals surface area contributed by atoms with Gasteiger partial charge in [-0.25, -0.2) is 10.8 Å². The van der Waals surface area contributed by atoms with E-state index in [4.69, 9.17) is 5.84 Å². The molecule has 5 heteroatoms. The molecule has 2 heterocycles. The van der Waals surface area contributed by atoms with E-state index in [-0.39, 0.29) is 0 Å². The topological polar surface area (TPSA) is 57.4 Å². The molecule has 1 aliphatic rings. The van der Waals surface area contributed by atoms with E-state index in [9.17, 15) is 0 Å². The number of hydrazine groups is 1. The average Bonchev–Trinajstić information content (AvgIpc) is 2.56. The van der Waals surface area contributed by atoms with Gasteiger partial charge in [-0.15, -0.1) is 0 Å². The summed E-state index contributed by atoms with van der Waals surface area (Å²) < 4.78 is 0. The van der Waals surface area contributed by atoms with E-state index in [0.717, 1.165) is 19.6 Å². The number of nitrogen functional groups attached to an aromatic ring is 1. The number of likely N-dealkylation sites (N-methyl/N-ethyl adjacent to an activating group) is 1. The number of hydrogen-bond donors (Lipinski definition) is 2. The first kappa shape index (κ1) is 12.3. The lowest BCUT2D eigenvalue weighted by Gasteiger charge is -2.19.